The van der Waals surface area contributed by atoms with Gasteiger partial charge in [0, 0.05) is 6.07 Å². The van der Waals surface area contributed by atoms with Crippen molar-refractivity contribution in [1.82, 2.24) is 5.16 Å². The van der Waals surface area contributed by atoms with Gasteiger partial charge in [-0.2, -0.15) is 0 Å². The molecule has 0 amide bonds. The van der Waals surface area contributed by atoms with Crippen LogP contribution in [0, 0.1) is 0 Å². The van der Waals surface area contributed by atoms with E-state index in [0.717, 1.165) is 0 Å². The summed E-state index contributed by atoms with van der Waals surface area (Å²) >= 11 is 0. The van der Waals surface area contributed by atoms with E-state index < -0.39 is 5.97 Å². The summed E-state index contributed by atoms with van der Waals surface area (Å²) in [6.45, 7) is 0.118. The quantitative estimate of drug-likeness (QED) is 0.872. The van der Waals surface area contributed by atoms with E-state index >= 15 is 0 Å². The molecule has 1 aromatic carbocycles. The number of methoxy groups -OCH3 is 1. The minimum atomic E-state index is -1.08. The Hall–Kier alpha value is -2.50. The summed E-state index contributed by atoms with van der Waals surface area (Å²) in [5, 5.41) is 12.6. The van der Waals surface area contributed by atoms with Crippen LogP contribution in [0.1, 0.15) is 16.1 Å². The molecule has 2 rings (SSSR count). The molecule has 0 bridgehead atoms. The third-order valence-electron chi connectivity index (χ3n) is 2.28. The normalized spacial score (nSPS) is 10.1. The standard InChI is InChI=1S/C12H11NO5/c1-16-8-2-3-11(10(6-8)12(14)15)17-7-9-4-5-13-18-9/h2-6H,7H2,1H3,(H,14,15). The van der Waals surface area contributed by atoms with E-state index in [1.54, 1.807) is 18.2 Å². The van der Waals surface area contributed by atoms with Crippen molar-refractivity contribution in [3.63, 3.8) is 0 Å². The highest BCUT2D eigenvalue weighted by molar-refractivity contribution is 5.91. The molecule has 0 radical (unpaired) electrons. The molecule has 0 spiro atoms. The Kier molecular flexibility index (Phi) is 3.47. The fraction of sp³-hybridized carbons (Fsp3) is 0.167. The first-order valence-corrected chi connectivity index (χ1v) is 5.14. The van der Waals surface area contributed by atoms with Crippen LogP contribution in [0.5, 0.6) is 11.5 Å². The number of carboxylic acid groups (broad SMARTS) is 1. The molecule has 0 saturated heterocycles. The zero-order valence-corrected chi connectivity index (χ0v) is 9.62. The number of benzene rings is 1. The van der Waals surface area contributed by atoms with Gasteiger partial charge in [0.15, 0.2) is 5.76 Å². The van der Waals surface area contributed by atoms with Crippen molar-refractivity contribution < 1.29 is 23.9 Å². The topological polar surface area (TPSA) is 81.8 Å². The van der Waals surface area contributed by atoms with Crippen LogP contribution in [0.4, 0.5) is 0 Å². The van der Waals surface area contributed by atoms with Gasteiger partial charge in [0.2, 0.25) is 0 Å². The molecule has 1 heterocycles. The van der Waals surface area contributed by atoms with Gasteiger partial charge in [-0.15, -0.1) is 0 Å². The van der Waals surface area contributed by atoms with Crippen molar-refractivity contribution in [2.45, 2.75) is 6.61 Å². The summed E-state index contributed by atoms with van der Waals surface area (Å²) < 4.78 is 15.2. The minimum absolute atomic E-state index is 0.0360. The van der Waals surface area contributed by atoms with E-state index in [1.165, 1.54) is 19.4 Å². The van der Waals surface area contributed by atoms with E-state index in [2.05, 4.69) is 5.16 Å². The molecule has 0 unspecified atom stereocenters. The molecule has 18 heavy (non-hydrogen) atoms. The van der Waals surface area contributed by atoms with Gasteiger partial charge in [-0.25, -0.2) is 4.79 Å². The number of carbonyl (C=O) groups is 1. The number of nitrogens with zero attached hydrogens (tertiary/aromatic N) is 1. The number of aromatic carboxylic acids is 1. The molecule has 0 atom stereocenters. The highest BCUT2D eigenvalue weighted by atomic mass is 16.5. The molecule has 1 aromatic heterocycles. The lowest BCUT2D eigenvalue weighted by Gasteiger charge is -2.09. The van der Waals surface area contributed by atoms with E-state index in [-0.39, 0.29) is 17.9 Å². The van der Waals surface area contributed by atoms with Crippen LogP contribution in [0.2, 0.25) is 0 Å². The van der Waals surface area contributed by atoms with Crippen LogP contribution in [-0.2, 0) is 6.61 Å². The second kappa shape index (κ2) is 5.22. The Balaban J connectivity index is 2.18. The zero-order chi connectivity index (χ0) is 13.0. The van der Waals surface area contributed by atoms with Gasteiger partial charge in [0.05, 0.1) is 13.3 Å². The van der Waals surface area contributed by atoms with Crippen LogP contribution in [0.15, 0.2) is 35.0 Å². The second-order valence-corrected chi connectivity index (χ2v) is 3.43. The van der Waals surface area contributed by atoms with Gasteiger partial charge < -0.3 is 19.1 Å². The van der Waals surface area contributed by atoms with Gasteiger partial charge in [0.25, 0.3) is 0 Å². The second-order valence-electron chi connectivity index (χ2n) is 3.43. The number of hydrogen-bond donors (Lipinski definition) is 1. The van der Waals surface area contributed by atoms with Crippen molar-refractivity contribution in [2.24, 2.45) is 0 Å². The van der Waals surface area contributed by atoms with Crippen LogP contribution in [-0.4, -0.2) is 23.3 Å². The summed E-state index contributed by atoms with van der Waals surface area (Å²) in [6, 6.07) is 6.21. The Morgan fingerprint density at radius 1 is 1.44 bits per heavy atom. The largest absolute Gasteiger partial charge is 0.497 e. The average Bonchev–Trinajstić information content (AvgIpc) is 2.89. The minimum Gasteiger partial charge on any atom is -0.497 e. The molecule has 6 heteroatoms. The van der Waals surface area contributed by atoms with Crippen molar-refractivity contribution in [3.05, 3.63) is 41.8 Å². The highest BCUT2D eigenvalue weighted by Gasteiger charge is 2.13. The van der Waals surface area contributed by atoms with Crippen LogP contribution in [0.3, 0.4) is 0 Å². The first-order chi connectivity index (χ1) is 8.70. The van der Waals surface area contributed by atoms with Crippen molar-refractivity contribution >= 4 is 5.97 Å². The molecule has 1 N–H and O–H groups in total. The molecule has 0 aliphatic rings. The van der Waals surface area contributed by atoms with Crippen LogP contribution in [0.25, 0.3) is 0 Å². The molecule has 2 aromatic rings. The number of aromatic nitrogens is 1. The number of carboxylic acids is 1. The lowest BCUT2D eigenvalue weighted by molar-refractivity contribution is 0.0690. The summed E-state index contributed by atoms with van der Waals surface area (Å²) in [5.74, 6) is 0.141. The lowest BCUT2D eigenvalue weighted by atomic mass is 10.2. The molecule has 0 saturated carbocycles. The maximum absolute atomic E-state index is 11.1. The first kappa shape index (κ1) is 12.0. The third-order valence-corrected chi connectivity index (χ3v) is 2.28. The number of hydrogen-bond acceptors (Lipinski definition) is 5. The first-order valence-electron chi connectivity index (χ1n) is 5.14. The molecular weight excluding hydrogens is 238 g/mol. The van der Waals surface area contributed by atoms with E-state index in [1.807, 2.05) is 0 Å². The van der Waals surface area contributed by atoms with Gasteiger partial charge in [-0.05, 0) is 18.2 Å². The van der Waals surface area contributed by atoms with Gasteiger partial charge in [0.1, 0.15) is 23.7 Å². The van der Waals surface area contributed by atoms with Gasteiger partial charge in [-0.1, -0.05) is 5.16 Å². The molecule has 6 nitrogen and oxygen atoms in total. The highest BCUT2D eigenvalue weighted by Crippen LogP contribution is 2.25. The molecule has 0 aliphatic carbocycles. The lowest BCUT2D eigenvalue weighted by Crippen LogP contribution is -2.03. The van der Waals surface area contributed by atoms with Crippen molar-refractivity contribution in [2.75, 3.05) is 7.11 Å². The SMILES string of the molecule is COc1ccc(OCc2ccno2)c(C(=O)O)c1. The predicted octanol–water partition coefficient (Wildman–Crippen LogP) is 1.96. The summed E-state index contributed by atoms with van der Waals surface area (Å²) in [4.78, 5) is 11.1. The van der Waals surface area contributed by atoms with Crippen molar-refractivity contribution in [3.8, 4) is 11.5 Å². The van der Waals surface area contributed by atoms with Gasteiger partial charge >= 0.3 is 5.97 Å². The monoisotopic (exact) mass is 249 g/mol. The summed E-state index contributed by atoms with van der Waals surface area (Å²) in [7, 11) is 1.47. The number of ether oxygens (including phenoxy) is 2. The number of rotatable bonds is 5. The molecular formula is C12H11NO5. The molecule has 94 valence electrons. The Morgan fingerprint density at radius 2 is 2.28 bits per heavy atom. The molecule has 0 fully saturated rings. The summed E-state index contributed by atoms with van der Waals surface area (Å²) in [5.41, 5.74) is 0.0360. The Morgan fingerprint density at radius 3 is 2.89 bits per heavy atom. The third kappa shape index (κ3) is 2.60. The predicted molar refractivity (Wildman–Crippen MR) is 60.8 cm³/mol. The maximum atomic E-state index is 11.1. The van der Waals surface area contributed by atoms with Gasteiger partial charge in [-0.3, -0.25) is 0 Å². The van der Waals surface area contributed by atoms with Crippen molar-refractivity contribution in [1.29, 1.82) is 0 Å². The maximum Gasteiger partial charge on any atom is 0.339 e. The van der Waals surface area contributed by atoms with E-state index in [0.29, 0.717) is 11.5 Å². The Bertz CT molecular complexity index is 535. The fourth-order valence-electron chi connectivity index (χ4n) is 1.39. The summed E-state index contributed by atoms with van der Waals surface area (Å²) in [6.07, 6.45) is 1.49. The van der Waals surface area contributed by atoms with E-state index in [9.17, 15) is 4.79 Å². The van der Waals surface area contributed by atoms with Crippen LogP contribution >= 0.6 is 0 Å². The molecule has 0 aliphatic heterocycles. The van der Waals surface area contributed by atoms with E-state index in [4.69, 9.17) is 19.1 Å². The zero-order valence-electron chi connectivity index (χ0n) is 9.62. The smallest absolute Gasteiger partial charge is 0.339 e. The Labute approximate surface area is 103 Å². The average molecular weight is 249 g/mol. The fourth-order valence-corrected chi connectivity index (χ4v) is 1.39. The van der Waals surface area contributed by atoms with Crippen LogP contribution < -0.4 is 9.47 Å².